The van der Waals surface area contributed by atoms with Crippen LogP contribution in [0.4, 0.5) is 0 Å². The highest BCUT2D eigenvalue weighted by atomic mass is 16.5. The third-order valence-corrected chi connectivity index (χ3v) is 6.78. The van der Waals surface area contributed by atoms with E-state index in [1.807, 2.05) is 0 Å². The first-order valence-corrected chi connectivity index (χ1v) is 15.5. The number of carbonyl (C=O) groups is 2. The van der Waals surface area contributed by atoms with E-state index in [9.17, 15) is 9.59 Å². The van der Waals surface area contributed by atoms with Crippen molar-refractivity contribution in [2.75, 3.05) is 13.2 Å². The van der Waals surface area contributed by atoms with Gasteiger partial charge < -0.3 is 9.47 Å². The summed E-state index contributed by atoms with van der Waals surface area (Å²) in [5.41, 5.74) is 0. The van der Waals surface area contributed by atoms with E-state index >= 15 is 0 Å². The van der Waals surface area contributed by atoms with Gasteiger partial charge in [-0.2, -0.15) is 0 Å². The predicted octanol–water partition coefficient (Wildman–Crippen LogP) is 9.87. The van der Waals surface area contributed by atoms with Crippen LogP contribution in [0, 0.1) is 0 Å². The van der Waals surface area contributed by atoms with Crippen molar-refractivity contribution >= 4 is 11.9 Å². The molecule has 0 saturated heterocycles. The molecule has 0 radical (unpaired) electrons. The molecule has 0 atom stereocenters. The Balaban J connectivity index is 3.28. The Kier molecular flexibility index (Phi) is 28.3. The molecule has 4 nitrogen and oxygen atoms in total. The molecular formula is C31H60O4. The van der Waals surface area contributed by atoms with Crippen LogP contribution >= 0.6 is 0 Å². The number of hydrogen-bond acceptors (Lipinski definition) is 4. The molecule has 0 aliphatic rings. The molecule has 208 valence electrons. The maximum Gasteiger partial charge on any atom is 0.305 e. The summed E-state index contributed by atoms with van der Waals surface area (Å²) in [4.78, 5) is 23.6. The number of unbranched alkanes of at least 4 members (excludes halogenated alkanes) is 20. The molecule has 0 aromatic rings. The number of rotatable bonds is 28. The average Bonchev–Trinajstić information content (AvgIpc) is 2.85. The van der Waals surface area contributed by atoms with Gasteiger partial charge in [0.25, 0.3) is 0 Å². The van der Waals surface area contributed by atoms with Crippen LogP contribution in [0.2, 0.25) is 0 Å². The van der Waals surface area contributed by atoms with E-state index in [4.69, 9.17) is 9.47 Å². The Labute approximate surface area is 218 Å². The van der Waals surface area contributed by atoms with Crippen LogP contribution < -0.4 is 0 Å². The lowest BCUT2D eigenvalue weighted by atomic mass is 10.1. The normalized spacial score (nSPS) is 11.0. The van der Waals surface area contributed by atoms with E-state index in [0.29, 0.717) is 32.5 Å². The zero-order valence-corrected chi connectivity index (χ0v) is 23.7. The lowest BCUT2D eigenvalue weighted by Gasteiger charge is -2.06. The Hall–Kier alpha value is -1.06. The zero-order valence-electron chi connectivity index (χ0n) is 23.7. The lowest BCUT2D eigenvalue weighted by molar-refractivity contribution is -0.145. The molecule has 0 heterocycles. The van der Waals surface area contributed by atoms with Crippen molar-refractivity contribution in [3.63, 3.8) is 0 Å². The summed E-state index contributed by atoms with van der Waals surface area (Å²) in [6, 6.07) is 0. The van der Waals surface area contributed by atoms with E-state index in [2.05, 4.69) is 13.8 Å². The zero-order chi connectivity index (χ0) is 25.7. The summed E-state index contributed by atoms with van der Waals surface area (Å²) in [5, 5.41) is 0. The van der Waals surface area contributed by atoms with Gasteiger partial charge in [0, 0.05) is 12.8 Å². The van der Waals surface area contributed by atoms with Gasteiger partial charge in [-0.3, -0.25) is 9.59 Å². The maximum absolute atomic E-state index is 11.8. The molecule has 0 aliphatic heterocycles. The molecular weight excluding hydrogens is 436 g/mol. The second-order valence-corrected chi connectivity index (χ2v) is 10.4. The Bertz CT molecular complexity index is 409. The monoisotopic (exact) mass is 496 g/mol. The summed E-state index contributed by atoms with van der Waals surface area (Å²) in [5.74, 6) is -0.370. The average molecular weight is 497 g/mol. The van der Waals surface area contributed by atoms with Crippen molar-refractivity contribution < 1.29 is 19.1 Å². The topological polar surface area (TPSA) is 52.6 Å². The van der Waals surface area contributed by atoms with Crippen molar-refractivity contribution in [2.24, 2.45) is 0 Å². The molecule has 0 aliphatic carbocycles. The first kappa shape index (κ1) is 33.9. The minimum atomic E-state index is -0.185. The van der Waals surface area contributed by atoms with Crippen molar-refractivity contribution in [1.29, 1.82) is 0 Å². The summed E-state index contributed by atoms with van der Waals surface area (Å²) in [6.45, 7) is 5.54. The third-order valence-electron chi connectivity index (χ3n) is 6.78. The van der Waals surface area contributed by atoms with Gasteiger partial charge in [0.05, 0.1) is 13.2 Å². The van der Waals surface area contributed by atoms with Gasteiger partial charge in [0.15, 0.2) is 0 Å². The molecule has 0 saturated carbocycles. The SMILES string of the molecule is CCCCCCCCCCCCCOC(=O)CCCC(=O)OCCCCCCCCCCCCC. The molecule has 0 fully saturated rings. The van der Waals surface area contributed by atoms with Crippen LogP contribution in [0.15, 0.2) is 0 Å². The molecule has 4 heteroatoms. The van der Waals surface area contributed by atoms with Crippen molar-refractivity contribution in [2.45, 2.75) is 174 Å². The maximum atomic E-state index is 11.8. The van der Waals surface area contributed by atoms with E-state index in [1.54, 1.807) is 0 Å². The van der Waals surface area contributed by atoms with Crippen molar-refractivity contribution in [1.82, 2.24) is 0 Å². The molecule has 35 heavy (non-hydrogen) atoms. The van der Waals surface area contributed by atoms with Crippen molar-refractivity contribution in [3.8, 4) is 0 Å². The fourth-order valence-electron chi connectivity index (χ4n) is 4.43. The highest BCUT2D eigenvalue weighted by Crippen LogP contribution is 2.13. The molecule has 0 N–H and O–H groups in total. The molecule has 0 aromatic carbocycles. The first-order valence-electron chi connectivity index (χ1n) is 15.5. The number of esters is 2. The largest absolute Gasteiger partial charge is 0.466 e. The van der Waals surface area contributed by atoms with Gasteiger partial charge in [0.1, 0.15) is 0 Å². The van der Waals surface area contributed by atoms with Gasteiger partial charge in [-0.15, -0.1) is 0 Å². The summed E-state index contributed by atoms with van der Waals surface area (Å²) in [7, 11) is 0. The van der Waals surface area contributed by atoms with E-state index in [0.717, 1.165) is 25.7 Å². The van der Waals surface area contributed by atoms with Crippen LogP contribution in [-0.4, -0.2) is 25.2 Å². The molecule has 0 unspecified atom stereocenters. The van der Waals surface area contributed by atoms with Gasteiger partial charge in [-0.1, -0.05) is 142 Å². The molecule has 0 bridgehead atoms. The molecule has 0 amide bonds. The Morgan fingerprint density at radius 3 is 0.914 bits per heavy atom. The fraction of sp³-hybridized carbons (Fsp3) is 0.935. The lowest BCUT2D eigenvalue weighted by Crippen LogP contribution is -2.09. The Morgan fingerprint density at radius 2 is 0.629 bits per heavy atom. The predicted molar refractivity (Wildman–Crippen MR) is 149 cm³/mol. The van der Waals surface area contributed by atoms with Gasteiger partial charge in [0.2, 0.25) is 0 Å². The van der Waals surface area contributed by atoms with Crippen molar-refractivity contribution in [3.05, 3.63) is 0 Å². The number of carbonyl (C=O) groups excluding carboxylic acids is 2. The number of hydrogen-bond donors (Lipinski definition) is 0. The number of ether oxygens (including phenoxy) is 2. The minimum Gasteiger partial charge on any atom is -0.466 e. The van der Waals surface area contributed by atoms with Crippen LogP contribution in [0.25, 0.3) is 0 Å². The first-order chi connectivity index (χ1) is 17.2. The highest BCUT2D eigenvalue weighted by molar-refractivity contribution is 5.72. The quantitative estimate of drug-likeness (QED) is 0.0798. The van der Waals surface area contributed by atoms with Gasteiger partial charge in [-0.25, -0.2) is 0 Å². The summed E-state index contributed by atoms with van der Waals surface area (Å²) in [6.07, 6.45) is 29.5. The third kappa shape index (κ3) is 29.1. The van der Waals surface area contributed by atoms with Crippen LogP contribution in [0.1, 0.15) is 174 Å². The van der Waals surface area contributed by atoms with E-state index in [-0.39, 0.29) is 11.9 Å². The smallest absolute Gasteiger partial charge is 0.305 e. The van der Waals surface area contributed by atoms with Gasteiger partial charge in [-0.05, 0) is 19.3 Å². The fourth-order valence-corrected chi connectivity index (χ4v) is 4.43. The second kappa shape index (κ2) is 29.2. The molecule has 0 rings (SSSR count). The Morgan fingerprint density at radius 1 is 0.371 bits per heavy atom. The summed E-state index contributed by atoms with van der Waals surface area (Å²) < 4.78 is 10.6. The van der Waals surface area contributed by atoms with E-state index < -0.39 is 0 Å². The molecule has 0 spiro atoms. The van der Waals surface area contributed by atoms with E-state index in [1.165, 1.54) is 116 Å². The minimum absolute atomic E-state index is 0.185. The van der Waals surface area contributed by atoms with Crippen LogP contribution in [0.5, 0.6) is 0 Å². The standard InChI is InChI=1S/C31H60O4/c1-3-5-7-9-11-13-15-17-19-21-23-28-34-30(32)26-25-27-31(33)35-29-24-22-20-18-16-14-12-10-8-6-4-2/h3-29H2,1-2H3. The highest BCUT2D eigenvalue weighted by Gasteiger charge is 2.07. The molecule has 0 aromatic heterocycles. The second-order valence-electron chi connectivity index (χ2n) is 10.4. The van der Waals surface area contributed by atoms with Gasteiger partial charge >= 0.3 is 11.9 Å². The van der Waals surface area contributed by atoms with Crippen LogP contribution in [-0.2, 0) is 19.1 Å². The van der Waals surface area contributed by atoms with Crippen LogP contribution in [0.3, 0.4) is 0 Å². The summed E-state index contributed by atoms with van der Waals surface area (Å²) >= 11 is 0.